The Morgan fingerprint density at radius 1 is 1.14 bits per heavy atom. The third-order valence-electron chi connectivity index (χ3n) is 1.82. The van der Waals surface area contributed by atoms with Crippen LogP contribution in [0.15, 0.2) is 41.1 Å². The fraction of sp³-hybridized carbons (Fsp3) is 0. The van der Waals surface area contributed by atoms with Gasteiger partial charge >= 0.3 is 0 Å². The number of hydrogen-bond acceptors (Lipinski definition) is 1. The van der Waals surface area contributed by atoms with Gasteiger partial charge in [-0.1, -0.05) is 34.1 Å². The molecule has 0 aliphatic rings. The lowest BCUT2D eigenvalue weighted by Gasteiger charge is -1.92. The number of halogens is 1. The number of imidazole rings is 1. The van der Waals surface area contributed by atoms with Crippen LogP contribution in [0.3, 0.4) is 0 Å². The topological polar surface area (TPSA) is 28.7 Å². The standard InChI is InChI=1S/C11H9BrN2/c12-10-4-1-9(2-5-10)3-6-11-13-7-8-14-11/h1-8H,(H,13,14)/b6-3+. The maximum atomic E-state index is 4.10. The minimum absolute atomic E-state index is 0.868. The largest absolute Gasteiger partial charge is 0.345 e. The highest BCUT2D eigenvalue weighted by molar-refractivity contribution is 9.10. The second kappa shape index (κ2) is 4.24. The van der Waals surface area contributed by atoms with E-state index in [-0.39, 0.29) is 0 Å². The molecule has 3 heteroatoms. The lowest BCUT2D eigenvalue weighted by atomic mass is 10.2. The van der Waals surface area contributed by atoms with Crippen LogP contribution in [-0.4, -0.2) is 9.97 Å². The fourth-order valence-electron chi connectivity index (χ4n) is 1.12. The van der Waals surface area contributed by atoms with Crippen LogP contribution in [0, 0.1) is 0 Å². The van der Waals surface area contributed by atoms with Crippen LogP contribution in [0.5, 0.6) is 0 Å². The molecule has 0 bridgehead atoms. The highest BCUT2D eigenvalue weighted by atomic mass is 79.9. The Labute approximate surface area is 90.8 Å². The Hall–Kier alpha value is -1.35. The van der Waals surface area contributed by atoms with E-state index in [0.717, 1.165) is 15.9 Å². The molecule has 0 amide bonds. The van der Waals surface area contributed by atoms with Gasteiger partial charge in [0.25, 0.3) is 0 Å². The third kappa shape index (κ3) is 2.33. The highest BCUT2D eigenvalue weighted by Gasteiger charge is 1.89. The van der Waals surface area contributed by atoms with Gasteiger partial charge in [0.15, 0.2) is 0 Å². The summed E-state index contributed by atoms with van der Waals surface area (Å²) >= 11 is 3.39. The van der Waals surface area contributed by atoms with E-state index >= 15 is 0 Å². The number of hydrogen-bond donors (Lipinski definition) is 1. The summed E-state index contributed by atoms with van der Waals surface area (Å²) < 4.78 is 1.09. The highest BCUT2D eigenvalue weighted by Crippen LogP contribution is 2.12. The number of rotatable bonds is 2. The van der Waals surface area contributed by atoms with Gasteiger partial charge in [0.1, 0.15) is 5.82 Å². The van der Waals surface area contributed by atoms with E-state index in [9.17, 15) is 0 Å². The van der Waals surface area contributed by atoms with Crippen LogP contribution in [0.4, 0.5) is 0 Å². The lowest BCUT2D eigenvalue weighted by Crippen LogP contribution is -1.74. The molecule has 0 atom stereocenters. The summed E-state index contributed by atoms with van der Waals surface area (Å²) in [5, 5.41) is 0. The minimum Gasteiger partial charge on any atom is -0.345 e. The molecular formula is C11H9BrN2. The van der Waals surface area contributed by atoms with Crippen LogP contribution < -0.4 is 0 Å². The summed E-state index contributed by atoms with van der Waals surface area (Å²) in [5.74, 6) is 0.868. The molecule has 0 aliphatic carbocycles. The van der Waals surface area contributed by atoms with Gasteiger partial charge in [-0.15, -0.1) is 0 Å². The number of aromatic nitrogens is 2. The normalized spacial score (nSPS) is 10.9. The summed E-state index contributed by atoms with van der Waals surface area (Å²) in [6.45, 7) is 0. The second-order valence-electron chi connectivity index (χ2n) is 2.86. The van der Waals surface area contributed by atoms with Crippen molar-refractivity contribution in [3.05, 3.63) is 52.5 Å². The van der Waals surface area contributed by atoms with E-state index in [1.54, 1.807) is 12.4 Å². The van der Waals surface area contributed by atoms with Crippen LogP contribution in [0.25, 0.3) is 12.2 Å². The van der Waals surface area contributed by atoms with Gasteiger partial charge in [-0.2, -0.15) is 0 Å². The van der Waals surface area contributed by atoms with Crippen molar-refractivity contribution in [2.24, 2.45) is 0 Å². The van der Waals surface area contributed by atoms with Crippen molar-refractivity contribution in [2.45, 2.75) is 0 Å². The average molecular weight is 249 g/mol. The Bertz CT molecular complexity index is 415. The van der Waals surface area contributed by atoms with Crippen molar-refractivity contribution < 1.29 is 0 Å². The number of aromatic amines is 1. The fourth-order valence-corrected chi connectivity index (χ4v) is 1.38. The van der Waals surface area contributed by atoms with Gasteiger partial charge in [-0.25, -0.2) is 4.98 Å². The Balaban J connectivity index is 2.15. The van der Waals surface area contributed by atoms with Crippen molar-refractivity contribution in [1.82, 2.24) is 9.97 Å². The Morgan fingerprint density at radius 3 is 2.57 bits per heavy atom. The molecule has 0 fully saturated rings. The smallest absolute Gasteiger partial charge is 0.129 e. The molecule has 0 aliphatic heterocycles. The molecule has 70 valence electrons. The molecule has 2 rings (SSSR count). The van der Waals surface area contributed by atoms with E-state index in [0.29, 0.717) is 0 Å². The molecule has 0 saturated heterocycles. The van der Waals surface area contributed by atoms with Gasteiger partial charge in [-0.05, 0) is 23.8 Å². The first-order valence-corrected chi connectivity index (χ1v) is 5.07. The maximum Gasteiger partial charge on any atom is 0.129 e. The van der Waals surface area contributed by atoms with Crippen LogP contribution >= 0.6 is 15.9 Å². The number of nitrogens with one attached hydrogen (secondary N) is 1. The molecule has 0 spiro atoms. The Morgan fingerprint density at radius 2 is 1.93 bits per heavy atom. The van der Waals surface area contributed by atoms with Crippen LogP contribution in [-0.2, 0) is 0 Å². The van der Waals surface area contributed by atoms with Gasteiger partial charge in [0.2, 0.25) is 0 Å². The maximum absolute atomic E-state index is 4.10. The van der Waals surface area contributed by atoms with Crippen molar-refractivity contribution in [3.63, 3.8) is 0 Å². The predicted molar refractivity (Wildman–Crippen MR) is 61.7 cm³/mol. The van der Waals surface area contributed by atoms with Crippen molar-refractivity contribution in [2.75, 3.05) is 0 Å². The first kappa shape index (κ1) is 9.21. The van der Waals surface area contributed by atoms with Gasteiger partial charge in [0, 0.05) is 16.9 Å². The lowest BCUT2D eigenvalue weighted by molar-refractivity contribution is 1.27. The second-order valence-corrected chi connectivity index (χ2v) is 3.77. The molecule has 2 nitrogen and oxygen atoms in total. The molecule has 1 aromatic carbocycles. The van der Waals surface area contributed by atoms with Crippen molar-refractivity contribution in [3.8, 4) is 0 Å². The number of benzene rings is 1. The zero-order valence-electron chi connectivity index (χ0n) is 7.44. The molecule has 2 aromatic rings. The molecule has 0 saturated carbocycles. The molecule has 0 radical (unpaired) electrons. The van der Waals surface area contributed by atoms with Crippen molar-refractivity contribution in [1.29, 1.82) is 0 Å². The number of nitrogens with zero attached hydrogens (tertiary/aromatic N) is 1. The van der Waals surface area contributed by atoms with Crippen molar-refractivity contribution >= 4 is 28.1 Å². The molecule has 0 unspecified atom stereocenters. The first-order valence-electron chi connectivity index (χ1n) is 4.27. The predicted octanol–water partition coefficient (Wildman–Crippen LogP) is 3.34. The van der Waals surface area contributed by atoms with E-state index in [1.807, 2.05) is 36.4 Å². The molecular weight excluding hydrogens is 240 g/mol. The van der Waals surface area contributed by atoms with E-state index < -0.39 is 0 Å². The minimum atomic E-state index is 0.868. The number of H-pyrrole nitrogens is 1. The SMILES string of the molecule is Brc1ccc(/C=C/c2ncc[nH]2)cc1. The van der Waals surface area contributed by atoms with E-state index in [4.69, 9.17) is 0 Å². The summed E-state index contributed by atoms with van der Waals surface area (Å²) in [7, 11) is 0. The van der Waals surface area contributed by atoms with Crippen LogP contribution in [0.1, 0.15) is 11.4 Å². The molecule has 1 heterocycles. The summed E-state index contributed by atoms with van der Waals surface area (Å²) in [6.07, 6.45) is 7.51. The van der Waals surface area contributed by atoms with Crippen LogP contribution in [0.2, 0.25) is 0 Å². The zero-order valence-corrected chi connectivity index (χ0v) is 9.03. The van der Waals surface area contributed by atoms with Gasteiger partial charge < -0.3 is 4.98 Å². The first-order chi connectivity index (χ1) is 6.84. The molecule has 14 heavy (non-hydrogen) atoms. The summed E-state index contributed by atoms with van der Waals surface area (Å²) in [4.78, 5) is 7.11. The third-order valence-corrected chi connectivity index (χ3v) is 2.35. The monoisotopic (exact) mass is 248 g/mol. The Kier molecular flexibility index (Phi) is 2.79. The quantitative estimate of drug-likeness (QED) is 0.868. The van der Waals surface area contributed by atoms with E-state index in [1.165, 1.54) is 0 Å². The molecule has 1 N–H and O–H groups in total. The average Bonchev–Trinajstić information content (AvgIpc) is 2.70. The summed E-state index contributed by atoms with van der Waals surface area (Å²) in [5.41, 5.74) is 1.16. The molecule has 1 aromatic heterocycles. The van der Waals surface area contributed by atoms with E-state index in [2.05, 4.69) is 25.9 Å². The van der Waals surface area contributed by atoms with Gasteiger partial charge in [0.05, 0.1) is 0 Å². The zero-order chi connectivity index (χ0) is 9.80. The van der Waals surface area contributed by atoms with Gasteiger partial charge in [-0.3, -0.25) is 0 Å². The summed E-state index contributed by atoms with van der Waals surface area (Å²) in [6, 6.07) is 8.12.